The van der Waals surface area contributed by atoms with Crippen molar-refractivity contribution in [2.24, 2.45) is 0 Å². The first-order valence-electron chi connectivity index (χ1n) is 5.79. The summed E-state index contributed by atoms with van der Waals surface area (Å²) in [5.74, 6) is 5.10. The molecule has 0 saturated carbocycles. The molecular formula is C16H12INO. The van der Waals surface area contributed by atoms with Gasteiger partial charge in [-0.05, 0) is 59.3 Å². The molecule has 0 fully saturated rings. The van der Waals surface area contributed by atoms with Crippen LogP contribution in [0.5, 0.6) is 0 Å². The van der Waals surface area contributed by atoms with Crippen molar-refractivity contribution in [3.8, 4) is 11.8 Å². The average Bonchev–Trinajstić information content (AvgIpc) is 2.42. The minimum absolute atomic E-state index is 0.302. The van der Waals surface area contributed by atoms with Gasteiger partial charge >= 0.3 is 5.91 Å². The van der Waals surface area contributed by atoms with Gasteiger partial charge in [0.25, 0.3) is 0 Å². The predicted octanol–water partition coefficient (Wildman–Crippen LogP) is 3.59. The van der Waals surface area contributed by atoms with Gasteiger partial charge in [-0.25, -0.2) is 0 Å². The predicted molar refractivity (Wildman–Crippen MR) is 85.8 cm³/mol. The zero-order valence-corrected chi connectivity index (χ0v) is 12.6. The highest BCUT2D eigenvalue weighted by Gasteiger charge is 2.00. The van der Waals surface area contributed by atoms with Gasteiger partial charge in [0, 0.05) is 20.7 Å². The van der Waals surface area contributed by atoms with E-state index >= 15 is 0 Å². The van der Waals surface area contributed by atoms with Crippen LogP contribution in [0.3, 0.4) is 0 Å². The van der Waals surface area contributed by atoms with E-state index in [0.29, 0.717) is 0 Å². The van der Waals surface area contributed by atoms with Gasteiger partial charge < -0.3 is 5.32 Å². The molecule has 0 saturated heterocycles. The first-order valence-corrected chi connectivity index (χ1v) is 6.87. The van der Waals surface area contributed by atoms with Gasteiger partial charge in [0.1, 0.15) is 0 Å². The minimum Gasteiger partial charge on any atom is -0.315 e. The molecule has 3 heteroatoms. The highest BCUT2D eigenvalue weighted by molar-refractivity contribution is 14.1. The number of hydrogen-bond acceptors (Lipinski definition) is 1. The van der Waals surface area contributed by atoms with Gasteiger partial charge in [-0.2, -0.15) is 0 Å². The average molecular weight is 361 g/mol. The largest absolute Gasteiger partial charge is 0.315 e. The summed E-state index contributed by atoms with van der Waals surface area (Å²) in [6.07, 6.45) is 0. The van der Waals surface area contributed by atoms with Crippen LogP contribution in [0.2, 0.25) is 0 Å². The Morgan fingerprint density at radius 1 is 1.16 bits per heavy atom. The van der Waals surface area contributed by atoms with Crippen LogP contribution < -0.4 is 5.32 Å². The van der Waals surface area contributed by atoms with E-state index in [2.05, 4.69) is 39.7 Å². The number of carbonyl (C=O) groups is 1. The van der Waals surface area contributed by atoms with Crippen molar-refractivity contribution in [1.82, 2.24) is 0 Å². The Morgan fingerprint density at radius 3 is 2.58 bits per heavy atom. The van der Waals surface area contributed by atoms with Crippen LogP contribution in [0.25, 0.3) is 0 Å². The molecule has 2 aromatic rings. The molecular weight excluding hydrogens is 349 g/mol. The summed E-state index contributed by atoms with van der Waals surface area (Å²) in [7, 11) is 0. The van der Waals surface area contributed by atoms with Crippen molar-refractivity contribution in [3.63, 3.8) is 0 Å². The fourth-order valence-electron chi connectivity index (χ4n) is 1.48. The molecule has 0 spiro atoms. The molecule has 1 amide bonds. The van der Waals surface area contributed by atoms with Crippen LogP contribution in [0.1, 0.15) is 11.1 Å². The first kappa shape index (κ1) is 13.6. The lowest BCUT2D eigenvalue weighted by atomic mass is 10.2. The third-order valence-corrected chi connectivity index (χ3v) is 3.69. The summed E-state index contributed by atoms with van der Waals surface area (Å²) in [4.78, 5) is 11.7. The summed E-state index contributed by atoms with van der Waals surface area (Å²) in [5.41, 5.74) is 2.78. The summed E-state index contributed by atoms with van der Waals surface area (Å²) in [6.45, 7) is 2.03. The van der Waals surface area contributed by atoms with Crippen molar-refractivity contribution in [2.45, 2.75) is 6.92 Å². The van der Waals surface area contributed by atoms with E-state index in [-0.39, 0.29) is 5.91 Å². The van der Waals surface area contributed by atoms with E-state index in [0.717, 1.165) is 14.8 Å². The smallest absolute Gasteiger partial charge is 0.300 e. The maximum absolute atomic E-state index is 11.7. The van der Waals surface area contributed by atoms with E-state index in [1.165, 1.54) is 5.56 Å². The van der Waals surface area contributed by atoms with Gasteiger partial charge in [0.15, 0.2) is 0 Å². The normalized spacial score (nSPS) is 9.37. The Morgan fingerprint density at radius 2 is 1.89 bits per heavy atom. The molecule has 94 valence electrons. The summed E-state index contributed by atoms with van der Waals surface area (Å²) < 4.78 is 1.12. The van der Waals surface area contributed by atoms with Gasteiger partial charge in [-0.3, -0.25) is 4.79 Å². The van der Waals surface area contributed by atoms with Crippen molar-refractivity contribution < 1.29 is 4.79 Å². The first-order chi connectivity index (χ1) is 9.15. The van der Waals surface area contributed by atoms with Crippen molar-refractivity contribution in [3.05, 3.63) is 63.2 Å². The van der Waals surface area contributed by atoms with Gasteiger partial charge in [-0.1, -0.05) is 30.2 Å². The Labute approximate surface area is 126 Å². The lowest BCUT2D eigenvalue weighted by molar-refractivity contribution is -0.111. The van der Waals surface area contributed by atoms with Crippen molar-refractivity contribution in [2.75, 3.05) is 5.32 Å². The molecule has 0 bridgehead atoms. The third-order valence-electron chi connectivity index (χ3n) is 2.52. The molecule has 2 nitrogen and oxygen atoms in total. The molecule has 2 aromatic carbocycles. The summed E-state index contributed by atoms with van der Waals surface area (Å²) in [6, 6.07) is 15.2. The van der Waals surface area contributed by atoms with Gasteiger partial charge in [-0.15, -0.1) is 0 Å². The molecule has 0 atom stereocenters. The van der Waals surface area contributed by atoms with Crippen molar-refractivity contribution in [1.29, 1.82) is 0 Å². The lowest BCUT2D eigenvalue weighted by Crippen LogP contribution is -2.08. The van der Waals surface area contributed by atoms with Gasteiger partial charge in [0.2, 0.25) is 0 Å². The van der Waals surface area contributed by atoms with E-state index in [9.17, 15) is 4.79 Å². The van der Waals surface area contributed by atoms with E-state index in [1.54, 1.807) is 0 Å². The maximum atomic E-state index is 11.7. The van der Waals surface area contributed by atoms with Crippen LogP contribution in [0.15, 0.2) is 48.5 Å². The number of aryl methyl sites for hydroxylation is 1. The Bertz CT molecular complexity index is 653. The Hall–Kier alpha value is -1.80. The quantitative estimate of drug-likeness (QED) is 0.611. The fourth-order valence-corrected chi connectivity index (χ4v) is 2.00. The van der Waals surface area contributed by atoms with Crippen molar-refractivity contribution >= 4 is 34.2 Å². The molecule has 0 aromatic heterocycles. The highest BCUT2D eigenvalue weighted by atomic mass is 127. The lowest BCUT2D eigenvalue weighted by Gasteiger charge is -2.03. The number of hydrogen-bond donors (Lipinski definition) is 1. The van der Waals surface area contributed by atoms with Crippen LogP contribution in [0.4, 0.5) is 5.69 Å². The molecule has 1 N–H and O–H groups in total. The van der Waals surface area contributed by atoms with E-state index in [1.807, 2.05) is 55.5 Å². The minimum atomic E-state index is -0.302. The SMILES string of the molecule is Cc1ccc(NC(=O)C#Cc2ccccc2)cc1I. The molecule has 0 radical (unpaired) electrons. The van der Waals surface area contributed by atoms with Crippen LogP contribution in [0, 0.1) is 22.3 Å². The number of carbonyl (C=O) groups excluding carboxylic acids is 1. The monoisotopic (exact) mass is 361 g/mol. The standard InChI is InChI=1S/C16H12INO/c1-12-7-9-14(11-15(12)17)18-16(19)10-8-13-5-3-2-4-6-13/h2-7,9,11H,1H3,(H,18,19). The number of rotatable bonds is 1. The molecule has 0 aliphatic carbocycles. The zero-order valence-electron chi connectivity index (χ0n) is 10.4. The van der Waals surface area contributed by atoms with E-state index < -0.39 is 0 Å². The summed E-state index contributed by atoms with van der Waals surface area (Å²) in [5, 5.41) is 2.76. The van der Waals surface area contributed by atoms with Crippen LogP contribution >= 0.6 is 22.6 Å². The molecule has 19 heavy (non-hydrogen) atoms. The second-order valence-corrected chi connectivity index (χ2v) is 5.20. The number of anilines is 1. The second-order valence-electron chi connectivity index (χ2n) is 4.03. The number of halogens is 1. The number of benzene rings is 2. The Kier molecular flexibility index (Phi) is 4.58. The summed E-state index contributed by atoms with van der Waals surface area (Å²) >= 11 is 2.24. The molecule has 0 aliphatic heterocycles. The second kappa shape index (κ2) is 6.39. The zero-order chi connectivity index (χ0) is 13.7. The molecule has 0 unspecified atom stereocenters. The van der Waals surface area contributed by atoms with Gasteiger partial charge in [0.05, 0.1) is 0 Å². The Balaban J connectivity index is 2.06. The third kappa shape index (κ3) is 4.11. The molecule has 0 heterocycles. The fraction of sp³-hybridized carbons (Fsp3) is 0.0625. The topological polar surface area (TPSA) is 29.1 Å². The number of amides is 1. The molecule has 2 rings (SSSR count). The van der Waals surface area contributed by atoms with Crippen LogP contribution in [-0.4, -0.2) is 5.91 Å². The number of nitrogens with one attached hydrogen (secondary N) is 1. The highest BCUT2D eigenvalue weighted by Crippen LogP contribution is 2.16. The van der Waals surface area contributed by atoms with Crippen LogP contribution in [-0.2, 0) is 4.79 Å². The maximum Gasteiger partial charge on any atom is 0.300 e. The molecule has 0 aliphatic rings. The van der Waals surface area contributed by atoms with E-state index in [4.69, 9.17) is 0 Å².